The minimum absolute atomic E-state index is 0.458. The molecule has 0 radical (unpaired) electrons. The van der Waals surface area contributed by atoms with Gasteiger partial charge in [-0.3, -0.25) is 0 Å². The lowest BCUT2D eigenvalue weighted by Gasteiger charge is -2.32. The average Bonchev–Trinajstić information content (AvgIpc) is 2.51. The van der Waals surface area contributed by atoms with Crippen molar-refractivity contribution in [3.63, 3.8) is 0 Å². The van der Waals surface area contributed by atoms with Crippen LogP contribution in [0.3, 0.4) is 0 Å². The molecule has 0 heterocycles. The number of hydrogen-bond acceptors (Lipinski definition) is 1. The van der Waals surface area contributed by atoms with Gasteiger partial charge in [0.15, 0.2) is 0 Å². The maximum Gasteiger partial charge on any atom is 0.0619 e. The van der Waals surface area contributed by atoms with Crippen LogP contribution in [0.2, 0.25) is 0 Å². The molecule has 84 valence electrons. The standard InChI is InChI=1S/C13H26O/c1-6-12(2,3)10-7-8-11(9-10)13(4,5)14/h10-11,14H,6-9H2,1-5H3. The molecule has 1 nitrogen and oxygen atoms in total. The highest BCUT2D eigenvalue weighted by molar-refractivity contribution is 4.90. The Balaban J connectivity index is 2.58. The lowest BCUT2D eigenvalue weighted by Crippen LogP contribution is -2.30. The van der Waals surface area contributed by atoms with Crippen LogP contribution in [-0.2, 0) is 0 Å². The fourth-order valence-electron chi connectivity index (χ4n) is 2.62. The van der Waals surface area contributed by atoms with Crippen LogP contribution in [0.4, 0.5) is 0 Å². The predicted octanol–water partition coefficient (Wildman–Crippen LogP) is 3.61. The van der Waals surface area contributed by atoms with Crippen molar-refractivity contribution in [1.82, 2.24) is 0 Å². The molecule has 0 aromatic carbocycles. The SMILES string of the molecule is CCC(C)(C)C1CCC(C(C)(C)O)C1. The first-order valence-corrected chi connectivity index (χ1v) is 5.99. The van der Waals surface area contributed by atoms with Gasteiger partial charge in [0.05, 0.1) is 5.60 Å². The Labute approximate surface area is 88.9 Å². The van der Waals surface area contributed by atoms with Crippen molar-refractivity contribution in [1.29, 1.82) is 0 Å². The zero-order valence-electron chi connectivity index (χ0n) is 10.4. The molecule has 1 heteroatoms. The van der Waals surface area contributed by atoms with Crippen LogP contribution in [-0.4, -0.2) is 10.7 Å². The molecule has 0 spiro atoms. The van der Waals surface area contributed by atoms with E-state index in [1.165, 1.54) is 25.7 Å². The second kappa shape index (κ2) is 3.84. The number of rotatable bonds is 3. The Morgan fingerprint density at radius 1 is 1.07 bits per heavy atom. The summed E-state index contributed by atoms with van der Waals surface area (Å²) in [6.07, 6.45) is 4.97. The van der Waals surface area contributed by atoms with E-state index >= 15 is 0 Å². The fraction of sp³-hybridized carbons (Fsp3) is 1.00. The number of hydrogen-bond donors (Lipinski definition) is 1. The summed E-state index contributed by atoms with van der Waals surface area (Å²) in [6, 6.07) is 0. The van der Waals surface area contributed by atoms with Crippen molar-refractivity contribution >= 4 is 0 Å². The average molecular weight is 198 g/mol. The topological polar surface area (TPSA) is 20.2 Å². The molecular weight excluding hydrogens is 172 g/mol. The third kappa shape index (κ3) is 2.50. The second-order valence-corrected chi connectivity index (χ2v) is 6.20. The smallest absolute Gasteiger partial charge is 0.0619 e. The molecule has 2 atom stereocenters. The van der Waals surface area contributed by atoms with Crippen molar-refractivity contribution < 1.29 is 5.11 Å². The van der Waals surface area contributed by atoms with Gasteiger partial charge in [-0.05, 0) is 50.4 Å². The Hall–Kier alpha value is -0.0400. The minimum atomic E-state index is -0.474. The van der Waals surface area contributed by atoms with Gasteiger partial charge in [0.1, 0.15) is 0 Å². The van der Waals surface area contributed by atoms with E-state index in [-0.39, 0.29) is 0 Å². The second-order valence-electron chi connectivity index (χ2n) is 6.20. The molecule has 0 saturated heterocycles. The van der Waals surface area contributed by atoms with Crippen molar-refractivity contribution in [2.45, 2.75) is 65.9 Å². The largest absolute Gasteiger partial charge is 0.390 e. The van der Waals surface area contributed by atoms with Crippen LogP contribution < -0.4 is 0 Å². The van der Waals surface area contributed by atoms with E-state index in [9.17, 15) is 5.11 Å². The van der Waals surface area contributed by atoms with E-state index in [0.29, 0.717) is 11.3 Å². The van der Waals surface area contributed by atoms with Crippen molar-refractivity contribution in [3.05, 3.63) is 0 Å². The van der Waals surface area contributed by atoms with E-state index in [1.54, 1.807) is 0 Å². The molecule has 1 fully saturated rings. The lowest BCUT2D eigenvalue weighted by molar-refractivity contribution is 0.0151. The van der Waals surface area contributed by atoms with Crippen molar-refractivity contribution in [2.24, 2.45) is 17.3 Å². The minimum Gasteiger partial charge on any atom is -0.390 e. The molecule has 1 aliphatic carbocycles. The maximum absolute atomic E-state index is 9.97. The molecule has 1 rings (SSSR count). The Bertz CT molecular complexity index is 188. The van der Waals surface area contributed by atoms with E-state index in [4.69, 9.17) is 0 Å². The highest BCUT2D eigenvalue weighted by atomic mass is 16.3. The Kier molecular flexibility index (Phi) is 3.30. The first kappa shape index (κ1) is 12.0. The van der Waals surface area contributed by atoms with Crippen LogP contribution in [0.15, 0.2) is 0 Å². The highest BCUT2D eigenvalue weighted by Gasteiger charge is 2.39. The summed E-state index contributed by atoms with van der Waals surface area (Å²) < 4.78 is 0. The summed E-state index contributed by atoms with van der Waals surface area (Å²) in [4.78, 5) is 0. The molecular formula is C13H26O. The quantitative estimate of drug-likeness (QED) is 0.734. The normalized spacial score (nSPS) is 29.6. The summed E-state index contributed by atoms with van der Waals surface area (Å²) in [5.41, 5.74) is -0.0153. The molecule has 0 aromatic rings. The number of aliphatic hydroxyl groups is 1. The van der Waals surface area contributed by atoms with E-state index in [2.05, 4.69) is 20.8 Å². The summed E-state index contributed by atoms with van der Waals surface area (Å²) in [7, 11) is 0. The zero-order chi connectivity index (χ0) is 11.0. The predicted molar refractivity (Wildman–Crippen MR) is 61.2 cm³/mol. The summed E-state index contributed by atoms with van der Waals surface area (Å²) in [5.74, 6) is 1.32. The highest BCUT2D eigenvalue weighted by Crippen LogP contribution is 2.47. The molecule has 0 aliphatic heterocycles. The van der Waals surface area contributed by atoms with Gasteiger partial charge in [-0.2, -0.15) is 0 Å². The van der Waals surface area contributed by atoms with Crippen LogP contribution in [0.1, 0.15) is 60.3 Å². The van der Waals surface area contributed by atoms with Gasteiger partial charge in [0.25, 0.3) is 0 Å². The van der Waals surface area contributed by atoms with Gasteiger partial charge in [-0.25, -0.2) is 0 Å². The van der Waals surface area contributed by atoms with Gasteiger partial charge in [-0.15, -0.1) is 0 Å². The Morgan fingerprint density at radius 2 is 1.57 bits per heavy atom. The third-order valence-electron chi connectivity index (χ3n) is 4.45. The van der Waals surface area contributed by atoms with Gasteiger partial charge in [-0.1, -0.05) is 27.2 Å². The first-order valence-electron chi connectivity index (χ1n) is 5.99. The van der Waals surface area contributed by atoms with Gasteiger partial charge < -0.3 is 5.11 Å². The molecule has 0 aromatic heterocycles. The summed E-state index contributed by atoms with van der Waals surface area (Å²) in [5, 5.41) is 9.97. The molecule has 0 bridgehead atoms. The first-order chi connectivity index (χ1) is 6.27. The van der Waals surface area contributed by atoms with E-state index in [1.807, 2.05) is 13.8 Å². The molecule has 0 amide bonds. The molecule has 1 saturated carbocycles. The molecule has 1 aliphatic rings. The van der Waals surface area contributed by atoms with Crippen molar-refractivity contribution in [2.75, 3.05) is 0 Å². The van der Waals surface area contributed by atoms with Crippen LogP contribution in [0.5, 0.6) is 0 Å². The van der Waals surface area contributed by atoms with Gasteiger partial charge >= 0.3 is 0 Å². The van der Waals surface area contributed by atoms with Crippen LogP contribution >= 0.6 is 0 Å². The third-order valence-corrected chi connectivity index (χ3v) is 4.45. The van der Waals surface area contributed by atoms with Crippen molar-refractivity contribution in [3.8, 4) is 0 Å². The fourth-order valence-corrected chi connectivity index (χ4v) is 2.62. The summed E-state index contributed by atoms with van der Waals surface area (Å²) in [6.45, 7) is 10.9. The molecule has 1 N–H and O–H groups in total. The van der Waals surface area contributed by atoms with Gasteiger partial charge in [0, 0.05) is 0 Å². The lowest BCUT2D eigenvalue weighted by atomic mass is 9.74. The maximum atomic E-state index is 9.97. The zero-order valence-corrected chi connectivity index (χ0v) is 10.4. The van der Waals surface area contributed by atoms with Crippen LogP contribution in [0, 0.1) is 17.3 Å². The molecule has 2 unspecified atom stereocenters. The van der Waals surface area contributed by atoms with Gasteiger partial charge in [0.2, 0.25) is 0 Å². The molecule has 14 heavy (non-hydrogen) atoms. The Morgan fingerprint density at radius 3 is 1.93 bits per heavy atom. The van der Waals surface area contributed by atoms with E-state index < -0.39 is 5.60 Å². The summed E-state index contributed by atoms with van der Waals surface area (Å²) >= 11 is 0. The van der Waals surface area contributed by atoms with Crippen LogP contribution in [0.25, 0.3) is 0 Å². The van der Waals surface area contributed by atoms with E-state index in [0.717, 1.165) is 5.92 Å². The monoisotopic (exact) mass is 198 g/mol.